The maximum atomic E-state index is 4.97. The van der Waals surface area contributed by atoms with Gasteiger partial charge in [0.25, 0.3) is 0 Å². The van der Waals surface area contributed by atoms with Crippen LogP contribution in [0.4, 0.5) is 0 Å². The molecular formula is C17H32IN5O. The number of aliphatic imine (C=N–C) groups is 1. The molecule has 24 heavy (non-hydrogen) atoms. The number of aromatic nitrogens is 2. The summed E-state index contributed by atoms with van der Waals surface area (Å²) >= 11 is 0. The first-order chi connectivity index (χ1) is 11.2. The van der Waals surface area contributed by atoms with Gasteiger partial charge in [-0.25, -0.2) is 4.99 Å². The molecular weight excluding hydrogens is 417 g/mol. The van der Waals surface area contributed by atoms with Gasteiger partial charge in [0.2, 0.25) is 5.89 Å². The molecule has 1 aromatic rings. The minimum absolute atomic E-state index is 0. The van der Waals surface area contributed by atoms with Crippen molar-refractivity contribution in [3.63, 3.8) is 0 Å². The minimum atomic E-state index is 0. The Balaban J connectivity index is 0.00000288. The fourth-order valence-electron chi connectivity index (χ4n) is 3.14. The average molecular weight is 449 g/mol. The van der Waals surface area contributed by atoms with Crippen LogP contribution >= 0.6 is 24.0 Å². The Hall–Kier alpha value is -0.860. The van der Waals surface area contributed by atoms with Gasteiger partial charge in [0.15, 0.2) is 11.8 Å². The smallest absolute Gasteiger partial charge is 0.223 e. The molecule has 1 aliphatic carbocycles. The van der Waals surface area contributed by atoms with Gasteiger partial charge in [0, 0.05) is 19.5 Å². The highest BCUT2D eigenvalue weighted by atomic mass is 127. The third-order valence-corrected chi connectivity index (χ3v) is 4.41. The summed E-state index contributed by atoms with van der Waals surface area (Å²) in [4.78, 5) is 8.72. The van der Waals surface area contributed by atoms with E-state index in [9.17, 15) is 0 Å². The van der Waals surface area contributed by atoms with Crippen molar-refractivity contribution >= 4 is 29.9 Å². The molecule has 0 spiro atoms. The van der Waals surface area contributed by atoms with E-state index in [0.29, 0.717) is 24.3 Å². The molecule has 2 rings (SSSR count). The van der Waals surface area contributed by atoms with Crippen LogP contribution in [0.2, 0.25) is 0 Å². The second kappa shape index (κ2) is 11.7. The van der Waals surface area contributed by atoms with Gasteiger partial charge < -0.3 is 15.2 Å². The molecule has 1 aromatic heterocycles. The molecule has 0 amide bonds. The van der Waals surface area contributed by atoms with Gasteiger partial charge in [-0.1, -0.05) is 37.3 Å². The Morgan fingerprint density at radius 2 is 2.08 bits per heavy atom. The summed E-state index contributed by atoms with van der Waals surface area (Å²) in [5, 5.41) is 10.6. The lowest BCUT2D eigenvalue weighted by Gasteiger charge is -2.24. The van der Waals surface area contributed by atoms with Crippen LogP contribution in [0, 0.1) is 12.8 Å². The van der Waals surface area contributed by atoms with Gasteiger partial charge in [-0.2, -0.15) is 4.98 Å². The molecule has 2 N–H and O–H groups in total. The van der Waals surface area contributed by atoms with Gasteiger partial charge in [0.1, 0.15) is 6.54 Å². The summed E-state index contributed by atoms with van der Waals surface area (Å²) in [5.74, 6) is 2.95. The van der Waals surface area contributed by atoms with Gasteiger partial charge in [-0.05, 0) is 32.6 Å². The molecule has 0 saturated heterocycles. The Bertz CT molecular complexity index is 485. The normalized spacial score (nSPS) is 17.2. The fraction of sp³-hybridized carbons (Fsp3) is 0.824. The van der Waals surface area contributed by atoms with E-state index in [2.05, 4.69) is 39.6 Å². The van der Waals surface area contributed by atoms with Crippen molar-refractivity contribution in [2.45, 2.75) is 78.3 Å². The number of rotatable bonds is 7. The van der Waals surface area contributed by atoms with Crippen LogP contribution in [0.15, 0.2) is 9.52 Å². The Labute approximate surface area is 162 Å². The van der Waals surface area contributed by atoms with Gasteiger partial charge >= 0.3 is 0 Å². The first-order valence-corrected chi connectivity index (χ1v) is 9.01. The summed E-state index contributed by atoms with van der Waals surface area (Å²) in [6.45, 7) is 7.36. The van der Waals surface area contributed by atoms with Gasteiger partial charge in [-0.3, -0.25) is 0 Å². The molecule has 1 saturated carbocycles. The number of hydrogen-bond donors (Lipinski definition) is 2. The van der Waals surface area contributed by atoms with Crippen LogP contribution in [0.5, 0.6) is 0 Å². The van der Waals surface area contributed by atoms with Crippen LogP contribution in [-0.4, -0.2) is 28.7 Å². The Morgan fingerprint density at radius 3 is 2.71 bits per heavy atom. The summed E-state index contributed by atoms with van der Waals surface area (Å²) in [5.41, 5.74) is 0. The van der Waals surface area contributed by atoms with Crippen LogP contribution in [0.3, 0.4) is 0 Å². The number of hydrogen-bond acceptors (Lipinski definition) is 4. The van der Waals surface area contributed by atoms with Crippen molar-refractivity contribution < 1.29 is 4.52 Å². The molecule has 0 bridgehead atoms. The average Bonchev–Trinajstić information content (AvgIpc) is 2.97. The molecule has 7 heteroatoms. The first-order valence-electron chi connectivity index (χ1n) is 9.01. The van der Waals surface area contributed by atoms with Gasteiger partial charge in [0.05, 0.1) is 0 Å². The van der Waals surface area contributed by atoms with Crippen molar-refractivity contribution in [3.8, 4) is 0 Å². The standard InChI is InChI=1S/C17H31N5O.HI/c1-4-18-17(19-12-16-21-14(3)23-22-16)20-13(2)10-11-15-8-6-5-7-9-15;/h13,15H,4-12H2,1-3H3,(H2,18,19,20);1H. The molecule has 1 aliphatic rings. The highest BCUT2D eigenvalue weighted by molar-refractivity contribution is 14.0. The van der Waals surface area contributed by atoms with E-state index in [4.69, 9.17) is 4.52 Å². The molecule has 1 atom stereocenters. The summed E-state index contributed by atoms with van der Waals surface area (Å²) < 4.78 is 4.97. The molecule has 1 heterocycles. The van der Waals surface area contributed by atoms with Crippen molar-refractivity contribution in [1.29, 1.82) is 0 Å². The second-order valence-corrected chi connectivity index (χ2v) is 6.55. The van der Waals surface area contributed by atoms with Crippen LogP contribution in [-0.2, 0) is 6.54 Å². The van der Waals surface area contributed by atoms with E-state index in [0.717, 1.165) is 18.4 Å². The molecule has 0 aliphatic heterocycles. The zero-order valence-corrected chi connectivity index (χ0v) is 17.5. The van der Waals surface area contributed by atoms with E-state index in [1.54, 1.807) is 6.92 Å². The van der Waals surface area contributed by atoms with Crippen molar-refractivity contribution in [3.05, 3.63) is 11.7 Å². The van der Waals surface area contributed by atoms with E-state index < -0.39 is 0 Å². The van der Waals surface area contributed by atoms with Crippen LogP contribution < -0.4 is 10.6 Å². The predicted octanol–water partition coefficient (Wildman–Crippen LogP) is 3.80. The van der Waals surface area contributed by atoms with Crippen molar-refractivity contribution in [2.24, 2.45) is 10.9 Å². The van der Waals surface area contributed by atoms with Crippen molar-refractivity contribution in [2.75, 3.05) is 6.54 Å². The quantitative estimate of drug-likeness (QED) is 0.376. The van der Waals surface area contributed by atoms with E-state index in [-0.39, 0.29) is 24.0 Å². The zero-order chi connectivity index (χ0) is 16.5. The second-order valence-electron chi connectivity index (χ2n) is 6.55. The van der Waals surface area contributed by atoms with Gasteiger partial charge in [-0.15, -0.1) is 24.0 Å². The predicted molar refractivity (Wildman–Crippen MR) is 108 cm³/mol. The number of aryl methyl sites for hydroxylation is 1. The number of nitrogens with zero attached hydrogens (tertiary/aromatic N) is 3. The molecule has 0 aromatic carbocycles. The third-order valence-electron chi connectivity index (χ3n) is 4.41. The highest BCUT2D eigenvalue weighted by Gasteiger charge is 2.15. The SMILES string of the molecule is CCNC(=NCc1noc(C)n1)NC(C)CCC1CCCCC1.I. The summed E-state index contributed by atoms with van der Waals surface area (Å²) in [6, 6.07) is 0.418. The zero-order valence-electron chi connectivity index (χ0n) is 15.2. The molecule has 6 nitrogen and oxygen atoms in total. The Kier molecular flexibility index (Phi) is 10.3. The van der Waals surface area contributed by atoms with E-state index in [1.165, 1.54) is 44.9 Å². The highest BCUT2D eigenvalue weighted by Crippen LogP contribution is 2.27. The number of guanidine groups is 1. The third kappa shape index (κ3) is 7.81. The van der Waals surface area contributed by atoms with Crippen LogP contribution in [0.25, 0.3) is 0 Å². The topological polar surface area (TPSA) is 75.3 Å². The summed E-state index contributed by atoms with van der Waals surface area (Å²) in [7, 11) is 0. The molecule has 1 unspecified atom stereocenters. The largest absolute Gasteiger partial charge is 0.357 e. The number of halogens is 1. The molecule has 138 valence electrons. The molecule has 0 radical (unpaired) electrons. The lowest BCUT2D eigenvalue weighted by molar-refractivity contribution is 0.322. The summed E-state index contributed by atoms with van der Waals surface area (Å²) in [6.07, 6.45) is 9.60. The minimum Gasteiger partial charge on any atom is -0.357 e. The maximum Gasteiger partial charge on any atom is 0.223 e. The monoisotopic (exact) mass is 449 g/mol. The lowest BCUT2D eigenvalue weighted by atomic mass is 9.85. The number of nitrogens with one attached hydrogen (secondary N) is 2. The van der Waals surface area contributed by atoms with Crippen LogP contribution in [0.1, 0.15) is 70.5 Å². The van der Waals surface area contributed by atoms with E-state index >= 15 is 0 Å². The lowest BCUT2D eigenvalue weighted by Crippen LogP contribution is -2.42. The van der Waals surface area contributed by atoms with E-state index in [1.807, 2.05) is 0 Å². The molecule has 1 fully saturated rings. The fourth-order valence-corrected chi connectivity index (χ4v) is 3.14. The maximum absolute atomic E-state index is 4.97. The van der Waals surface area contributed by atoms with Crippen molar-refractivity contribution in [1.82, 2.24) is 20.8 Å². The first kappa shape index (κ1) is 21.2. The Morgan fingerprint density at radius 1 is 1.33 bits per heavy atom.